The molecular weight excluding hydrogens is 262 g/mol. The van der Waals surface area contributed by atoms with Crippen LogP contribution in [0.25, 0.3) is 0 Å². The van der Waals surface area contributed by atoms with E-state index < -0.39 is 11.9 Å². The Balaban J connectivity index is 1.86. The van der Waals surface area contributed by atoms with E-state index in [1.807, 2.05) is 0 Å². The minimum Gasteiger partial charge on any atom is -0.481 e. The van der Waals surface area contributed by atoms with Crippen molar-refractivity contribution in [3.05, 3.63) is 0 Å². The van der Waals surface area contributed by atoms with Crippen LogP contribution in [0.4, 0.5) is 0 Å². The third-order valence-corrected chi connectivity index (χ3v) is 4.27. The van der Waals surface area contributed by atoms with Crippen molar-refractivity contribution in [3.8, 4) is 0 Å². The smallest absolute Gasteiger partial charge is 0.308 e. The average Bonchev–Trinajstić information content (AvgIpc) is 2.81. The fourth-order valence-electron chi connectivity index (χ4n) is 3.13. The summed E-state index contributed by atoms with van der Waals surface area (Å²) < 4.78 is 5.01. The van der Waals surface area contributed by atoms with Crippen molar-refractivity contribution in [3.63, 3.8) is 0 Å². The van der Waals surface area contributed by atoms with Crippen molar-refractivity contribution >= 4 is 17.8 Å². The van der Waals surface area contributed by atoms with Gasteiger partial charge in [0, 0.05) is 19.0 Å². The number of rotatable bonds is 4. The number of amides is 1. The summed E-state index contributed by atoms with van der Waals surface area (Å²) in [7, 11) is 0. The lowest BCUT2D eigenvalue weighted by molar-refractivity contribution is -0.149. The molecule has 112 valence electrons. The maximum atomic E-state index is 11.9. The largest absolute Gasteiger partial charge is 0.481 e. The molecule has 2 aliphatic rings. The van der Waals surface area contributed by atoms with Gasteiger partial charge in [0.25, 0.3) is 0 Å². The lowest BCUT2D eigenvalue weighted by Gasteiger charge is -2.33. The maximum absolute atomic E-state index is 11.9. The number of carboxylic acids is 1. The van der Waals surface area contributed by atoms with Gasteiger partial charge in [0.15, 0.2) is 0 Å². The predicted molar refractivity (Wildman–Crippen MR) is 69.8 cm³/mol. The molecule has 2 rings (SSSR count). The summed E-state index contributed by atoms with van der Waals surface area (Å²) in [6.45, 7) is 2.49. The Labute approximate surface area is 118 Å². The van der Waals surface area contributed by atoms with Gasteiger partial charge in [-0.15, -0.1) is 0 Å². The molecule has 0 bridgehead atoms. The van der Waals surface area contributed by atoms with Gasteiger partial charge in [-0.25, -0.2) is 0 Å². The number of carbonyl (C=O) groups is 3. The second-order valence-corrected chi connectivity index (χ2v) is 5.54. The summed E-state index contributed by atoms with van der Waals surface area (Å²) in [5.41, 5.74) is 0. The van der Waals surface area contributed by atoms with Crippen molar-refractivity contribution in [2.75, 3.05) is 13.2 Å². The average molecular weight is 283 g/mol. The molecule has 1 amide bonds. The van der Waals surface area contributed by atoms with Crippen LogP contribution in [-0.4, -0.2) is 47.0 Å². The molecule has 1 aliphatic heterocycles. The second kappa shape index (κ2) is 6.24. The Morgan fingerprint density at radius 2 is 1.90 bits per heavy atom. The molecule has 0 spiro atoms. The molecule has 2 fully saturated rings. The summed E-state index contributed by atoms with van der Waals surface area (Å²) in [6, 6.07) is 0.0810. The van der Waals surface area contributed by atoms with Gasteiger partial charge in [0.1, 0.15) is 0 Å². The third kappa shape index (κ3) is 3.11. The second-order valence-electron chi connectivity index (χ2n) is 5.54. The Morgan fingerprint density at radius 1 is 1.25 bits per heavy atom. The van der Waals surface area contributed by atoms with Crippen LogP contribution in [0.3, 0.4) is 0 Å². The van der Waals surface area contributed by atoms with Gasteiger partial charge in [0.2, 0.25) is 5.91 Å². The molecule has 1 heterocycles. The van der Waals surface area contributed by atoms with Gasteiger partial charge in [-0.3, -0.25) is 14.4 Å². The van der Waals surface area contributed by atoms with Crippen molar-refractivity contribution in [1.29, 1.82) is 0 Å². The minimum absolute atomic E-state index is 0.0702. The summed E-state index contributed by atoms with van der Waals surface area (Å²) in [5, 5.41) is 8.98. The lowest BCUT2D eigenvalue weighted by Crippen LogP contribution is -2.40. The fraction of sp³-hybridized carbons (Fsp3) is 0.786. The number of hydrogen-bond acceptors (Lipinski definition) is 4. The molecule has 0 radical (unpaired) electrons. The van der Waals surface area contributed by atoms with Crippen LogP contribution in [0.1, 0.15) is 39.0 Å². The number of esters is 1. The predicted octanol–water partition coefficient (Wildman–Crippen LogP) is 1.04. The lowest BCUT2D eigenvalue weighted by atomic mass is 9.85. The first-order valence-electron chi connectivity index (χ1n) is 7.21. The number of nitrogens with zero attached hydrogens (tertiary/aromatic N) is 1. The fourth-order valence-corrected chi connectivity index (χ4v) is 3.13. The molecule has 20 heavy (non-hydrogen) atoms. The molecule has 1 saturated carbocycles. The van der Waals surface area contributed by atoms with Crippen LogP contribution >= 0.6 is 0 Å². The number of aliphatic carboxylic acids is 1. The number of carbonyl (C=O) groups excluding carboxylic acids is 2. The van der Waals surface area contributed by atoms with Crippen molar-refractivity contribution in [2.24, 2.45) is 11.8 Å². The monoisotopic (exact) mass is 283 g/mol. The quantitative estimate of drug-likeness (QED) is 0.779. The van der Waals surface area contributed by atoms with Gasteiger partial charge in [-0.05, 0) is 32.6 Å². The standard InChI is InChI=1S/C14H21NO5/c1-2-20-14(19)9-3-5-11(6-4-9)15-8-10(13(17)18)7-12(15)16/h9-11H,2-8H2,1H3,(H,17,18). The van der Waals surface area contributed by atoms with Crippen LogP contribution in [0.2, 0.25) is 0 Å². The van der Waals surface area contributed by atoms with E-state index in [-0.39, 0.29) is 30.3 Å². The Kier molecular flexibility index (Phi) is 4.62. The zero-order valence-corrected chi connectivity index (χ0v) is 11.7. The first-order chi connectivity index (χ1) is 9.52. The van der Waals surface area contributed by atoms with Crippen molar-refractivity contribution in [1.82, 2.24) is 4.90 Å². The zero-order chi connectivity index (χ0) is 14.7. The Bertz CT molecular complexity index is 400. The normalized spacial score (nSPS) is 30.4. The van der Waals surface area contributed by atoms with E-state index in [1.54, 1.807) is 11.8 Å². The van der Waals surface area contributed by atoms with E-state index in [1.165, 1.54) is 0 Å². The van der Waals surface area contributed by atoms with Gasteiger partial charge in [-0.1, -0.05) is 0 Å². The number of ether oxygens (including phenoxy) is 1. The highest BCUT2D eigenvalue weighted by Gasteiger charge is 2.39. The van der Waals surface area contributed by atoms with Gasteiger partial charge < -0.3 is 14.7 Å². The number of likely N-dealkylation sites (tertiary alicyclic amines) is 1. The summed E-state index contributed by atoms with van der Waals surface area (Å²) in [4.78, 5) is 36.2. The first kappa shape index (κ1) is 14.8. The van der Waals surface area contributed by atoms with E-state index in [2.05, 4.69) is 0 Å². The summed E-state index contributed by atoms with van der Waals surface area (Å²) >= 11 is 0. The number of hydrogen-bond donors (Lipinski definition) is 1. The molecule has 1 N–H and O–H groups in total. The van der Waals surface area contributed by atoms with E-state index in [0.717, 1.165) is 12.8 Å². The highest BCUT2D eigenvalue weighted by Crippen LogP contribution is 2.32. The summed E-state index contributed by atoms with van der Waals surface area (Å²) in [6.07, 6.45) is 3.03. The van der Waals surface area contributed by atoms with Gasteiger partial charge in [0.05, 0.1) is 18.4 Å². The van der Waals surface area contributed by atoms with Crippen LogP contribution < -0.4 is 0 Å². The highest BCUT2D eigenvalue weighted by molar-refractivity contribution is 5.86. The van der Waals surface area contributed by atoms with E-state index in [4.69, 9.17) is 9.84 Å². The molecular formula is C14H21NO5. The van der Waals surface area contributed by atoms with Crippen molar-refractivity contribution in [2.45, 2.75) is 45.1 Å². The van der Waals surface area contributed by atoms with Gasteiger partial charge >= 0.3 is 11.9 Å². The van der Waals surface area contributed by atoms with E-state index in [9.17, 15) is 14.4 Å². The highest BCUT2D eigenvalue weighted by atomic mass is 16.5. The van der Waals surface area contributed by atoms with Crippen molar-refractivity contribution < 1.29 is 24.2 Å². The molecule has 1 atom stereocenters. The Hall–Kier alpha value is -1.59. The SMILES string of the molecule is CCOC(=O)C1CCC(N2CC(C(=O)O)CC2=O)CC1. The molecule has 0 aromatic heterocycles. The molecule has 6 nitrogen and oxygen atoms in total. The summed E-state index contributed by atoms with van der Waals surface area (Å²) in [5.74, 6) is -1.77. The minimum atomic E-state index is -0.902. The van der Waals surface area contributed by atoms with E-state index >= 15 is 0 Å². The topological polar surface area (TPSA) is 83.9 Å². The molecule has 0 aromatic carbocycles. The first-order valence-corrected chi connectivity index (χ1v) is 7.21. The van der Waals surface area contributed by atoms with Crippen LogP contribution in [0, 0.1) is 11.8 Å². The Morgan fingerprint density at radius 3 is 2.40 bits per heavy atom. The van der Waals surface area contributed by atoms with Crippen LogP contribution in [0.15, 0.2) is 0 Å². The molecule has 1 unspecified atom stereocenters. The molecule has 1 aliphatic carbocycles. The maximum Gasteiger partial charge on any atom is 0.308 e. The molecule has 6 heteroatoms. The zero-order valence-electron chi connectivity index (χ0n) is 11.7. The number of carboxylic acid groups (broad SMARTS) is 1. The van der Waals surface area contributed by atoms with Crippen LogP contribution in [-0.2, 0) is 19.1 Å². The van der Waals surface area contributed by atoms with E-state index in [0.29, 0.717) is 26.0 Å². The third-order valence-electron chi connectivity index (χ3n) is 4.27. The molecule has 1 saturated heterocycles. The van der Waals surface area contributed by atoms with Gasteiger partial charge in [-0.2, -0.15) is 0 Å². The van der Waals surface area contributed by atoms with Crippen LogP contribution in [0.5, 0.6) is 0 Å². The molecule has 0 aromatic rings.